The Morgan fingerprint density at radius 3 is 1.18 bits per heavy atom. The van der Waals surface area contributed by atoms with Gasteiger partial charge in [0.25, 0.3) is 0 Å². The second-order valence-electron chi connectivity index (χ2n) is 6.40. The van der Waals surface area contributed by atoms with E-state index >= 15 is 0 Å². The third kappa shape index (κ3) is 2.76. The molecule has 0 fully saturated rings. The largest absolute Gasteiger partial charge is 0.405 e. The fourth-order valence-electron chi connectivity index (χ4n) is 3.76. The molecule has 2 nitrogen and oxygen atoms in total. The van der Waals surface area contributed by atoms with Gasteiger partial charge in [-0.2, -0.15) is 0 Å². The van der Waals surface area contributed by atoms with Gasteiger partial charge in [0.15, 0.2) is 0 Å². The molecule has 0 heterocycles. The molecular formula is C19H26O2Si. The lowest BCUT2D eigenvalue weighted by Gasteiger charge is -2.30. The van der Waals surface area contributed by atoms with Crippen LogP contribution in [0.4, 0.5) is 0 Å². The molecule has 1 N–H and O–H groups in total. The van der Waals surface area contributed by atoms with Gasteiger partial charge < -0.3 is 9.22 Å². The van der Waals surface area contributed by atoms with Crippen molar-refractivity contribution in [2.45, 2.75) is 41.5 Å². The molecule has 0 bridgehead atoms. The standard InChI is InChI=1S/C19H26O2Si/c1-12-8-14(3)18(15(4)9-12)22(20,21-7)19-16(5)10-13(2)11-17(19)6/h8-11,20H,1-7H3. The zero-order valence-corrected chi connectivity index (χ0v) is 15.7. The number of rotatable bonds is 3. The van der Waals surface area contributed by atoms with Crippen molar-refractivity contribution in [3.63, 3.8) is 0 Å². The second kappa shape index (κ2) is 5.99. The summed E-state index contributed by atoms with van der Waals surface area (Å²) in [5, 5.41) is 1.96. The van der Waals surface area contributed by atoms with Gasteiger partial charge in [-0.25, -0.2) is 0 Å². The normalized spacial score (nSPS) is 11.8. The van der Waals surface area contributed by atoms with Crippen molar-refractivity contribution in [3.8, 4) is 0 Å². The van der Waals surface area contributed by atoms with Crippen molar-refractivity contribution >= 4 is 18.9 Å². The maximum absolute atomic E-state index is 11.6. The van der Waals surface area contributed by atoms with Crippen LogP contribution in [0.15, 0.2) is 24.3 Å². The summed E-state index contributed by atoms with van der Waals surface area (Å²) in [4.78, 5) is 11.6. The summed E-state index contributed by atoms with van der Waals surface area (Å²) in [6.07, 6.45) is 0. The Kier molecular flexibility index (Phi) is 4.61. The predicted molar refractivity (Wildman–Crippen MR) is 95.6 cm³/mol. The van der Waals surface area contributed by atoms with Gasteiger partial charge in [0.2, 0.25) is 0 Å². The van der Waals surface area contributed by atoms with Gasteiger partial charge in [-0.05, 0) is 63.8 Å². The molecule has 0 atom stereocenters. The van der Waals surface area contributed by atoms with Crippen molar-refractivity contribution in [2.24, 2.45) is 0 Å². The van der Waals surface area contributed by atoms with Crippen LogP contribution in [0.1, 0.15) is 33.4 Å². The summed E-state index contributed by atoms with van der Waals surface area (Å²) in [6, 6.07) is 8.49. The van der Waals surface area contributed by atoms with E-state index in [0.717, 1.165) is 32.6 Å². The van der Waals surface area contributed by atoms with Crippen molar-refractivity contribution in [1.82, 2.24) is 0 Å². The molecule has 2 aromatic rings. The Morgan fingerprint density at radius 1 is 0.682 bits per heavy atom. The van der Waals surface area contributed by atoms with Crippen LogP contribution in [0.2, 0.25) is 0 Å². The minimum Gasteiger partial charge on any atom is -0.404 e. The van der Waals surface area contributed by atoms with Crippen molar-refractivity contribution in [3.05, 3.63) is 57.6 Å². The average molecular weight is 315 g/mol. The first-order chi connectivity index (χ1) is 10.2. The number of benzene rings is 2. The van der Waals surface area contributed by atoms with Gasteiger partial charge in [0.1, 0.15) is 0 Å². The van der Waals surface area contributed by atoms with Crippen LogP contribution in [0.3, 0.4) is 0 Å². The maximum atomic E-state index is 11.6. The smallest absolute Gasteiger partial charge is 0.404 e. The van der Waals surface area contributed by atoms with E-state index in [1.54, 1.807) is 7.11 Å². The Bertz CT molecular complexity index is 616. The third-order valence-electron chi connectivity index (χ3n) is 4.33. The fraction of sp³-hybridized carbons (Fsp3) is 0.368. The van der Waals surface area contributed by atoms with Crippen LogP contribution in [0, 0.1) is 41.5 Å². The van der Waals surface area contributed by atoms with E-state index in [4.69, 9.17) is 4.43 Å². The first-order valence-electron chi connectivity index (χ1n) is 7.65. The minimum atomic E-state index is -3.20. The summed E-state index contributed by atoms with van der Waals surface area (Å²) >= 11 is 0. The minimum absolute atomic E-state index is 0.982. The number of hydrogen-bond donors (Lipinski definition) is 1. The Hall–Kier alpha value is -1.42. The zero-order chi connectivity index (χ0) is 16.7. The quantitative estimate of drug-likeness (QED) is 0.883. The van der Waals surface area contributed by atoms with E-state index in [-0.39, 0.29) is 0 Å². The average Bonchev–Trinajstić information content (AvgIpc) is 2.35. The highest BCUT2D eigenvalue weighted by atomic mass is 28.4. The lowest BCUT2D eigenvalue weighted by Crippen LogP contribution is -2.64. The molecule has 0 aliphatic heterocycles. The third-order valence-corrected chi connectivity index (χ3v) is 7.85. The molecule has 2 rings (SSSR count). The van der Waals surface area contributed by atoms with E-state index in [9.17, 15) is 4.80 Å². The fourth-order valence-corrected chi connectivity index (χ4v) is 6.84. The van der Waals surface area contributed by atoms with Gasteiger partial charge in [-0.3, -0.25) is 0 Å². The highest BCUT2D eigenvalue weighted by Gasteiger charge is 2.42. The van der Waals surface area contributed by atoms with Crippen LogP contribution in [0.5, 0.6) is 0 Å². The predicted octanol–water partition coefficient (Wildman–Crippen LogP) is 2.73. The molecule has 22 heavy (non-hydrogen) atoms. The van der Waals surface area contributed by atoms with E-state index < -0.39 is 8.56 Å². The summed E-state index contributed by atoms with van der Waals surface area (Å²) in [7, 11) is -1.57. The molecule has 118 valence electrons. The molecule has 3 heteroatoms. The summed E-state index contributed by atoms with van der Waals surface area (Å²) in [5.74, 6) is 0. The molecule has 2 aromatic carbocycles. The molecule has 0 radical (unpaired) electrons. The monoisotopic (exact) mass is 314 g/mol. The van der Waals surface area contributed by atoms with Crippen LogP contribution < -0.4 is 10.4 Å². The van der Waals surface area contributed by atoms with Gasteiger partial charge in [0.05, 0.1) is 0 Å². The topological polar surface area (TPSA) is 29.5 Å². The van der Waals surface area contributed by atoms with Gasteiger partial charge in [0, 0.05) is 17.5 Å². The van der Waals surface area contributed by atoms with Crippen molar-refractivity contribution in [2.75, 3.05) is 7.11 Å². The highest BCUT2D eigenvalue weighted by Crippen LogP contribution is 2.17. The van der Waals surface area contributed by atoms with Crippen molar-refractivity contribution < 1.29 is 9.22 Å². The highest BCUT2D eigenvalue weighted by molar-refractivity contribution is 6.92. The van der Waals surface area contributed by atoms with Gasteiger partial charge in [-0.1, -0.05) is 35.4 Å². The number of aryl methyl sites for hydroxylation is 6. The lowest BCUT2D eigenvalue weighted by atomic mass is 10.1. The molecule has 0 saturated carbocycles. The van der Waals surface area contributed by atoms with Crippen LogP contribution >= 0.6 is 0 Å². The number of hydrogen-bond acceptors (Lipinski definition) is 2. The van der Waals surface area contributed by atoms with E-state index in [0.29, 0.717) is 0 Å². The molecule has 0 aliphatic carbocycles. The molecule has 0 aliphatic rings. The summed E-state index contributed by atoms with van der Waals surface area (Å²) in [5.41, 5.74) is 6.84. The van der Waals surface area contributed by atoms with E-state index in [2.05, 4.69) is 65.8 Å². The molecular weight excluding hydrogens is 288 g/mol. The molecule has 0 spiro atoms. The summed E-state index contributed by atoms with van der Waals surface area (Å²) < 4.78 is 5.81. The first kappa shape index (κ1) is 16.9. The van der Waals surface area contributed by atoms with E-state index in [1.165, 1.54) is 11.1 Å². The summed E-state index contributed by atoms with van der Waals surface area (Å²) in [6.45, 7) is 12.4. The van der Waals surface area contributed by atoms with Gasteiger partial charge >= 0.3 is 8.56 Å². The van der Waals surface area contributed by atoms with Crippen LogP contribution in [-0.2, 0) is 4.43 Å². The maximum Gasteiger partial charge on any atom is 0.405 e. The Labute approximate surface area is 135 Å². The molecule has 0 amide bonds. The zero-order valence-electron chi connectivity index (χ0n) is 14.7. The van der Waals surface area contributed by atoms with Crippen LogP contribution in [0.25, 0.3) is 0 Å². The first-order valence-corrected chi connectivity index (χ1v) is 9.50. The Morgan fingerprint density at radius 2 is 0.955 bits per heavy atom. The van der Waals surface area contributed by atoms with Gasteiger partial charge in [-0.15, -0.1) is 0 Å². The lowest BCUT2D eigenvalue weighted by molar-refractivity contribution is 0.321. The van der Waals surface area contributed by atoms with Crippen molar-refractivity contribution in [1.29, 1.82) is 0 Å². The van der Waals surface area contributed by atoms with Crippen LogP contribution in [-0.4, -0.2) is 20.5 Å². The van der Waals surface area contributed by atoms with E-state index in [1.807, 2.05) is 0 Å². The second-order valence-corrected chi connectivity index (χ2v) is 9.09. The molecule has 0 aromatic heterocycles. The molecule has 0 saturated heterocycles. The SMILES string of the molecule is CO[Si](O)(c1c(C)cc(C)cc1C)c1c(C)cc(C)cc1C. The molecule has 0 unspecified atom stereocenters. The Balaban J connectivity index is 2.80.